The van der Waals surface area contributed by atoms with E-state index in [1.807, 2.05) is 56.3 Å². The number of hydrogen-bond acceptors (Lipinski definition) is 4. The number of anilines is 1. The molecule has 6 nitrogen and oxygen atoms in total. The van der Waals surface area contributed by atoms with Crippen LogP contribution in [0.25, 0.3) is 28.6 Å². The van der Waals surface area contributed by atoms with E-state index in [0.717, 1.165) is 33.6 Å². The van der Waals surface area contributed by atoms with Crippen molar-refractivity contribution >= 4 is 24.0 Å². The van der Waals surface area contributed by atoms with Gasteiger partial charge in [-0.2, -0.15) is 0 Å². The standard InChI is InChI=1S/C26H23N5O/c1-17-8-10-19(11-9-17)26(32)31-23-16-21(12-14-28-23)25-24(20-6-3-5-18(2)15-20)29-22(30-25)7-4-13-27/h3-16,27H,1-2H3,(H,29,30)(H,28,31,32)/b7-4-,27-13?. The first-order chi connectivity index (χ1) is 15.5. The molecular weight excluding hydrogens is 398 g/mol. The third-order valence-corrected chi connectivity index (χ3v) is 4.97. The summed E-state index contributed by atoms with van der Waals surface area (Å²) in [5.74, 6) is 0.879. The van der Waals surface area contributed by atoms with E-state index in [1.54, 1.807) is 30.5 Å². The van der Waals surface area contributed by atoms with Crippen LogP contribution in [0.4, 0.5) is 5.82 Å². The number of amides is 1. The Bertz CT molecular complexity index is 1300. The Morgan fingerprint density at radius 2 is 1.81 bits per heavy atom. The van der Waals surface area contributed by atoms with Crippen LogP contribution in [0, 0.1) is 19.3 Å². The lowest BCUT2D eigenvalue weighted by molar-refractivity contribution is 0.102. The molecule has 0 bridgehead atoms. The summed E-state index contributed by atoms with van der Waals surface area (Å²) in [7, 11) is 0. The Morgan fingerprint density at radius 3 is 2.56 bits per heavy atom. The summed E-state index contributed by atoms with van der Waals surface area (Å²) in [5, 5.41) is 10.1. The second-order valence-corrected chi connectivity index (χ2v) is 7.49. The van der Waals surface area contributed by atoms with E-state index in [1.165, 1.54) is 6.21 Å². The number of benzene rings is 2. The minimum atomic E-state index is -0.215. The van der Waals surface area contributed by atoms with Crippen molar-refractivity contribution in [2.24, 2.45) is 0 Å². The fourth-order valence-electron chi connectivity index (χ4n) is 3.37. The first-order valence-corrected chi connectivity index (χ1v) is 10.2. The molecule has 0 atom stereocenters. The zero-order valence-corrected chi connectivity index (χ0v) is 17.9. The summed E-state index contributed by atoms with van der Waals surface area (Å²) in [6.07, 6.45) is 6.23. The fourth-order valence-corrected chi connectivity index (χ4v) is 3.37. The Morgan fingerprint density at radius 1 is 1.00 bits per heavy atom. The maximum absolute atomic E-state index is 12.6. The number of nitrogens with zero attached hydrogens (tertiary/aromatic N) is 2. The average Bonchev–Trinajstić information content (AvgIpc) is 3.23. The molecule has 0 aliphatic carbocycles. The minimum absolute atomic E-state index is 0.215. The first-order valence-electron chi connectivity index (χ1n) is 10.2. The van der Waals surface area contributed by atoms with Gasteiger partial charge < -0.3 is 15.7 Å². The fraction of sp³-hybridized carbons (Fsp3) is 0.0769. The molecule has 0 spiro atoms. The molecule has 2 aromatic carbocycles. The van der Waals surface area contributed by atoms with Gasteiger partial charge in [-0.25, -0.2) is 9.97 Å². The van der Waals surface area contributed by atoms with Crippen molar-refractivity contribution in [2.45, 2.75) is 13.8 Å². The Hall–Kier alpha value is -4.32. The molecule has 3 N–H and O–H groups in total. The lowest BCUT2D eigenvalue weighted by Gasteiger charge is -2.08. The van der Waals surface area contributed by atoms with Gasteiger partial charge >= 0.3 is 0 Å². The molecule has 0 radical (unpaired) electrons. The number of aromatic nitrogens is 3. The van der Waals surface area contributed by atoms with Gasteiger partial charge in [0.15, 0.2) is 0 Å². The van der Waals surface area contributed by atoms with Gasteiger partial charge in [0, 0.05) is 29.1 Å². The van der Waals surface area contributed by atoms with Crippen LogP contribution < -0.4 is 5.32 Å². The van der Waals surface area contributed by atoms with Gasteiger partial charge in [0.25, 0.3) is 5.91 Å². The third kappa shape index (κ3) is 4.70. The first kappa shape index (κ1) is 20.9. The lowest BCUT2D eigenvalue weighted by Crippen LogP contribution is -2.12. The maximum Gasteiger partial charge on any atom is 0.256 e. The van der Waals surface area contributed by atoms with E-state index in [9.17, 15) is 4.79 Å². The second kappa shape index (κ2) is 9.22. The molecular formula is C26H23N5O. The average molecular weight is 422 g/mol. The van der Waals surface area contributed by atoms with Gasteiger partial charge in [0.2, 0.25) is 0 Å². The Kier molecular flexibility index (Phi) is 6.03. The summed E-state index contributed by atoms with van der Waals surface area (Å²) in [6, 6.07) is 19.2. The summed E-state index contributed by atoms with van der Waals surface area (Å²) in [4.78, 5) is 25.0. The monoisotopic (exact) mass is 421 g/mol. The van der Waals surface area contributed by atoms with Crippen LogP contribution in [0.1, 0.15) is 27.3 Å². The molecule has 4 rings (SSSR count). The highest BCUT2D eigenvalue weighted by molar-refractivity contribution is 6.04. The van der Waals surface area contributed by atoms with E-state index in [0.29, 0.717) is 17.2 Å². The number of aryl methyl sites for hydroxylation is 2. The SMILES string of the molecule is Cc1ccc(C(=O)Nc2cc(-c3[nH]c(/C=C\C=N)nc3-c3cccc(C)c3)ccn2)cc1. The minimum Gasteiger partial charge on any atom is -0.338 e. The number of carbonyl (C=O) groups excluding carboxylic acids is 1. The zero-order chi connectivity index (χ0) is 22.5. The van der Waals surface area contributed by atoms with E-state index in [-0.39, 0.29) is 5.91 Å². The summed E-state index contributed by atoms with van der Waals surface area (Å²) < 4.78 is 0. The Balaban J connectivity index is 1.70. The van der Waals surface area contributed by atoms with Crippen molar-refractivity contribution in [3.05, 3.63) is 95.5 Å². The van der Waals surface area contributed by atoms with Crippen LogP contribution in [0.3, 0.4) is 0 Å². The smallest absolute Gasteiger partial charge is 0.256 e. The zero-order valence-electron chi connectivity index (χ0n) is 17.9. The molecule has 6 heteroatoms. The van der Waals surface area contributed by atoms with Crippen molar-refractivity contribution in [3.8, 4) is 22.5 Å². The van der Waals surface area contributed by atoms with Crippen LogP contribution in [0.5, 0.6) is 0 Å². The molecule has 0 unspecified atom stereocenters. The highest BCUT2D eigenvalue weighted by Crippen LogP contribution is 2.31. The van der Waals surface area contributed by atoms with Crippen molar-refractivity contribution < 1.29 is 4.79 Å². The Labute approximate surface area is 186 Å². The van der Waals surface area contributed by atoms with E-state index in [4.69, 9.17) is 10.4 Å². The summed E-state index contributed by atoms with van der Waals surface area (Å²) in [5.41, 5.74) is 6.23. The molecule has 32 heavy (non-hydrogen) atoms. The number of H-pyrrole nitrogens is 1. The van der Waals surface area contributed by atoms with Gasteiger partial charge in [0.1, 0.15) is 11.6 Å². The van der Waals surface area contributed by atoms with Gasteiger partial charge in [0.05, 0.1) is 11.4 Å². The molecule has 4 aromatic rings. The summed E-state index contributed by atoms with van der Waals surface area (Å²) >= 11 is 0. The van der Waals surface area contributed by atoms with Crippen LogP contribution in [-0.4, -0.2) is 27.1 Å². The number of hydrogen-bond donors (Lipinski definition) is 3. The van der Waals surface area contributed by atoms with Crippen molar-refractivity contribution in [3.63, 3.8) is 0 Å². The molecule has 2 aromatic heterocycles. The summed E-state index contributed by atoms with van der Waals surface area (Å²) in [6.45, 7) is 4.02. The van der Waals surface area contributed by atoms with Crippen LogP contribution in [-0.2, 0) is 0 Å². The largest absolute Gasteiger partial charge is 0.338 e. The van der Waals surface area contributed by atoms with E-state index in [2.05, 4.69) is 21.4 Å². The maximum atomic E-state index is 12.6. The van der Waals surface area contributed by atoms with Gasteiger partial charge in [-0.05, 0) is 56.3 Å². The third-order valence-electron chi connectivity index (χ3n) is 4.97. The van der Waals surface area contributed by atoms with Gasteiger partial charge in [-0.15, -0.1) is 0 Å². The molecule has 158 valence electrons. The number of carbonyl (C=O) groups is 1. The highest BCUT2D eigenvalue weighted by Gasteiger charge is 2.15. The number of allylic oxidation sites excluding steroid dienone is 1. The molecule has 0 fully saturated rings. The number of imidazole rings is 1. The lowest BCUT2D eigenvalue weighted by atomic mass is 10.0. The van der Waals surface area contributed by atoms with Crippen molar-refractivity contribution in [1.29, 1.82) is 5.41 Å². The quantitative estimate of drug-likeness (QED) is 0.350. The predicted molar refractivity (Wildman–Crippen MR) is 129 cm³/mol. The number of rotatable bonds is 6. The number of pyridine rings is 1. The molecule has 1 amide bonds. The number of nitrogens with one attached hydrogen (secondary N) is 3. The number of aromatic amines is 1. The van der Waals surface area contributed by atoms with E-state index < -0.39 is 0 Å². The van der Waals surface area contributed by atoms with Crippen LogP contribution in [0.15, 0.2) is 72.9 Å². The topological polar surface area (TPSA) is 94.5 Å². The van der Waals surface area contributed by atoms with Gasteiger partial charge in [-0.3, -0.25) is 4.79 Å². The van der Waals surface area contributed by atoms with Crippen molar-refractivity contribution in [1.82, 2.24) is 15.0 Å². The predicted octanol–water partition coefficient (Wildman–Crippen LogP) is 5.67. The molecule has 0 saturated carbocycles. The van der Waals surface area contributed by atoms with Gasteiger partial charge in [-0.1, -0.05) is 41.5 Å². The highest BCUT2D eigenvalue weighted by atomic mass is 16.1. The molecule has 0 aliphatic rings. The second-order valence-electron chi connectivity index (χ2n) is 7.49. The van der Waals surface area contributed by atoms with Crippen molar-refractivity contribution in [2.75, 3.05) is 5.32 Å². The van der Waals surface area contributed by atoms with Crippen LogP contribution in [0.2, 0.25) is 0 Å². The normalized spacial score (nSPS) is 10.9. The van der Waals surface area contributed by atoms with E-state index >= 15 is 0 Å². The van der Waals surface area contributed by atoms with Crippen LogP contribution >= 0.6 is 0 Å². The molecule has 0 saturated heterocycles. The molecule has 0 aliphatic heterocycles. The molecule has 2 heterocycles.